The molecule has 7 heteroatoms. The standard InChI is InChI=1S/C22H20BrN3O3/c1-28-19-7-6-15(12-20(19)29-2)8-10-25-22(27)21-16(14-24)9-11-26(21)18-5-3-4-17(23)13-18/h3-7,9,11-13H,8,10H2,1-2H3,(H,25,27). The Hall–Kier alpha value is -3.24. The van der Waals surface area contributed by atoms with Crippen molar-refractivity contribution in [3.63, 3.8) is 0 Å². The average molecular weight is 454 g/mol. The fraction of sp³-hybridized carbons (Fsp3) is 0.182. The molecule has 6 nitrogen and oxygen atoms in total. The van der Waals surface area contributed by atoms with E-state index in [1.54, 1.807) is 31.0 Å². The van der Waals surface area contributed by atoms with Crippen LogP contribution in [0.25, 0.3) is 5.69 Å². The van der Waals surface area contributed by atoms with E-state index < -0.39 is 0 Å². The topological polar surface area (TPSA) is 76.3 Å². The molecular weight excluding hydrogens is 434 g/mol. The molecule has 148 valence electrons. The van der Waals surface area contributed by atoms with Crippen LogP contribution in [0.2, 0.25) is 0 Å². The van der Waals surface area contributed by atoms with Gasteiger partial charge in [0, 0.05) is 22.9 Å². The maximum Gasteiger partial charge on any atom is 0.269 e. The minimum atomic E-state index is -0.299. The van der Waals surface area contributed by atoms with E-state index in [0.29, 0.717) is 35.7 Å². The maximum absolute atomic E-state index is 12.8. The second kappa shape index (κ2) is 9.30. The van der Waals surface area contributed by atoms with Gasteiger partial charge in [-0.2, -0.15) is 5.26 Å². The number of hydrogen-bond acceptors (Lipinski definition) is 4. The molecule has 0 bridgehead atoms. The first-order valence-corrected chi connectivity index (χ1v) is 9.73. The number of hydrogen-bond donors (Lipinski definition) is 1. The SMILES string of the molecule is COc1ccc(CCNC(=O)c2c(C#N)ccn2-c2cccc(Br)c2)cc1OC. The number of ether oxygens (including phenoxy) is 2. The second-order valence-corrected chi connectivity index (χ2v) is 7.15. The summed E-state index contributed by atoms with van der Waals surface area (Å²) in [5.41, 5.74) is 2.45. The van der Waals surface area contributed by atoms with Gasteiger partial charge in [-0.1, -0.05) is 28.1 Å². The molecule has 29 heavy (non-hydrogen) atoms. The van der Waals surface area contributed by atoms with Crippen LogP contribution in [0, 0.1) is 11.3 Å². The molecule has 0 aliphatic carbocycles. The van der Waals surface area contributed by atoms with Gasteiger partial charge in [-0.15, -0.1) is 0 Å². The number of nitrogens with zero attached hydrogens (tertiary/aromatic N) is 2. The van der Waals surface area contributed by atoms with Crippen molar-refractivity contribution in [3.8, 4) is 23.3 Å². The van der Waals surface area contributed by atoms with E-state index in [1.807, 2.05) is 42.5 Å². The first kappa shape index (κ1) is 20.5. The van der Waals surface area contributed by atoms with Gasteiger partial charge in [-0.05, 0) is 48.4 Å². The summed E-state index contributed by atoms with van der Waals surface area (Å²) in [6.07, 6.45) is 2.34. The third-order valence-electron chi connectivity index (χ3n) is 4.46. The summed E-state index contributed by atoms with van der Waals surface area (Å²) in [4.78, 5) is 12.8. The maximum atomic E-state index is 12.8. The predicted molar refractivity (Wildman–Crippen MR) is 114 cm³/mol. The highest BCUT2D eigenvalue weighted by atomic mass is 79.9. The van der Waals surface area contributed by atoms with Crippen LogP contribution < -0.4 is 14.8 Å². The van der Waals surface area contributed by atoms with Crippen LogP contribution in [0.1, 0.15) is 21.6 Å². The summed E-state index contributed by atoms with van der Waals surface area (Å²) in [6.45, 7) is 0.419. The fourth-order valence-electron chi connectivity index (χ4n) is 3.04. The molecule has 3 aromatic rings. The van der Waals surface area contributed by atoms with E-state index in [2.05, 4.69) is 27.3 Å². The molecule has 0 saturated carbocycles. The molecule has 0 radical (unpaired) electrons. The van der Waals surface area contributed by atoms with Crippen LogP contribution in [-0.2, 0) is 6.42 Å². The summed E-state index contributed by atoms with van der Waals surface area (Å²) >= 11 is 3.44. The summed E-state index contributed by atoms with van der Waals surface area (Å²) in [5, 5.41) is 12.3. The number of amides is 1. The number of carbonyl (C=O) groups excluding carboxylic acids is 1. The Kier molecular flexibility index (Phi) is 6.57. The van der Waals surface area contributed by atoms with Gasteiger partial charge >= 0.3 is 0 Å². The molecule has 1 heterocycles. The van der Waals surface area contributed by atoms with Gasteiger partial charge in [0.05, 0.1) is 19.8 Å². The Labute approximate surface area is 177 Å². The van der Waals surface area contributed by atoms with Crippen molar-refractivity contribution in [2.45, 2.75) is 6.42 Å². The third kappa shape index (κ3) is 4.61. The van der Waals surface area contributed by atoms with Crippen molar-refractivity contribution >= 4 is 21.8 Å². The quantitative estimate of drug-likeness (QED) is 0.583. The molecule has 0 fully saturated rings. The van der Waals surface area contributed by atoms with Crippen LogP contribution in [-0.4, -0.2) is 31.2 Å². The van der Waals surface area contributed by atoms with Gasteiger partial charge < -0.3 is 19.4 Å². The minimum Gasteiger partial charge on any atom is -0.493 e. The van der Waals surface area contributed by atoms with E-state index >= 15 is 0 Å². The Bertz CT molecular complexity index is 1070. The molecule has 0 saturated heterocycles. The lowest BCUT2D eigenvalue weighted by atomic mass is 10.1. The highest BCUT2D eigenvalue weighted by Crippen LogP contribution is 2.27. The van der Waals surface area contributed by atoms with Crippen molar-refractivity contribution < 1.29 is 14.3 Å². The van der Waals surface area contributed by atoms with E-state index in [9.17, 15) is 10.1 Å². The molecule has 0 spiro atoms. The molecule has 0 aliphatic rings. The van der Waals surface area contributed by atoms with Crippen LogP contribution in [0.4, 0.5) is 0 Å². The second-order valence-electron chi connectivity index (χ2n) is 6.23. The molecule has 0 unspecified atom stereocenters. The number of methoxy groups -OCH3 is 2. The number of benzene rings is 2. The number of halogens is 1. The van der Waals surface area contributed by atoms with E-state index in [4.69, 9.17) is 9.47 Å². The largest absolute Gasteiger partial charge is 0.493 e. The number of nitriles is 1. The van der Waals surface area contributed by atoms with Crippen molar-refractivity contribution in [3.05, 3.63) is 76.0 Å². The van der Waals surface area contributed by atoms with Crippen molar-refractivity contribution in [1.29, 1.82) is 5.26 Å². The Morgan fingerprint density at radius 2 is 1.93 bits per heavy atom. The predicted octanol–water partition coefficient (Wildman–Crippen LogP) is 4.10. The van der Waals surface area contributed by atoms with Gasteiger partial charge in [0.25, 0.3) is 5.91 Å². The lowest BCUT2D eigenvalue weighted by Crippen LogP contribution is -2.28. The van der Waals surface area contributed by atoms with E-state index in [-0.39, 0.29) is 5.91 Å². The molecule has 0 atom stereocenters. The van der Waals surface area contributed by atoms with Gasteiger partial charge in [-0.3, -0.25) is 4.79 Å². The number of rotatable bonds is 7. The number of nitrogens with one attached hydrogen (secondary N) is 1. The number of aromatic nitrogens is 1. The lowest BCUT2D eigenvalue weighted by molar-refractivity contribution is 0.0947. The summed E-state index contributed by atoms with van der Waals surface area (Å²) < 4.78 is 13.2. The van der Waals surface area contributed by atoms with Gasteiger partial charge in [0.1, 0.15) is 11.8 Å². The minimum absolute atomic E-state index is 0.299. The van der Waals surface area contributed by atoms with Crippen LogP contribution >= 0.6 is 15.9 Å². The summed E-state index contributed by atoms with van der Waals surface area (Å²) in [5.74, 6) is 1.00. The Balaban J connectivity index is 1.75. The van der Waals surface area contributed by atoms with Gasteiger partial charge in [0.2, 0.25) is 0 Å². The highest BCUT2D eigenvalue weighted by molar-refractivity contribution is 9.10. The molecule has 0 aliphatic heterocycles. The zero-order valence-electron chi connectivity index (χ0n) is 16.1. The van der Waals surface area contributed by atoms with Crippen molar-refractivity contribution in [2.24, 2.45) is 0 Å². The Morgan fingerprint density at radius 3 is 2.62 bits per heavy atom. The van der Waals surface area contributed by atoms with E-state index in [0.717, 1.165) is 15.7 Å². The zero-order valence-corrected chi connectivity index (χ0v) is 17.7. The first-order valence-electron chi connectivity index (χ1n) is 8.94. The number of carbonyl (C=O) groups is 1. The smallest absolute Gasteiger partial charge is 0.269 e. The summed E-state index contributed by atoms with van der Waals surface area (Å²) in [6, 6.07) is 16.9. The Morgan fingerprint density at radius 1 is 1.14 bits per heavy atom. The van der Waals surface area contributed by atoms with Gasteiger partial charge in [-0.25, -0.2) is 0 Å². The average Bonchev–Trinajstić information content (AvgIpc) is 3.18. The molecule has 1 aromatic heterocycles. The molecule has 1 N–H and O–H groups in total. The third-order valence-corrected chi connectivity index (χ3v) is 4.95. The van der Waals surface area contributed by atoms with E-state index in [1.165, 1.54) is 0 Å². The van der Waals surface area contributed by atoms with Crippen molar-refractivity contribution in [1.82, 2.24) is 9.88 Å². The molecule has 3 rings (SSSR count). The first-order chi connectivity index (χ1) is 14.1. The molecular formula is C22H20BrN3O3. The van der Waals surface area contributed by atoms with Crippen LogP contribution in [0.3, 0.4) is 0 Å². The van der Waals surface area contributed by atoms with Crippen molar-refractivity contribution in [2.75, 3.05) is 20.8 Å². The highest BCUT2D eigenvalue weighted by Gasteiger charge is 2.18. The fourth-order valence-corrected chi connectivity index (χ4v) is 3.42. The lowest BCUT2D eigenvalue weighted by Gasteiger charge is -2.12. The van der Waals surface area contributed by atoms with Crippen LogP contribution in [0.15, 0.2) is 59.2 Å². The summed E-state index contributed by atoms with van der Waals surface area (Å²) in [7, 11) is 3.17. The monoisotopic (exact) mass is 453 g/mol. The van der Waals surface area contributed by atoms with Gasteiger partial charge in [0.15, 0.2) is 11.5 Å². The molecule has 2 aromatic carbocycles. The van der Waals surface area contributed by atoms with Crippen LogP contribution in [0.5, 0.6) is 11.5 Å². The normalized spacial score (nSPS) is 10.3. The molecule has 1 amide bonds. The zero-order chi connectivity index (χ0) is 20.8.